The van der Waals surface area contributed by atoms with E-state index in [1.807, 2.05) is 25.4 Å². The number of pyridine rings is 1. The predicted octanol–water partition coefficient (Wildman–Crippen LogP) is 3.10. The molecule has 1 aliphatic rings. The van der Waals surface area contributed by atoms with Gasteiger partial charge in [0.2, 0.25) is 0 Å². The first kappa shape index (κ1) is 20.0. The second kappa shape index (κ2) is 11.3. The van der Waals surface area contributed by atoms with E-state index in [-0.39, 0.29) is 0 Å². The number of nitrogens with one attached hydrogen (secondary N) is 2. The molecule has 0 aromatic carbocycles. The number of nitrogens with zero attached hydrogens (tertiary/aromatic N) is 3. The van der Waals surface area contributed by atoms with E-state index in [4.69, 9.17) is 11.6 Å². The van der Waals surface area contributed by atoms with Crippen LogP contribution in [-0.4, -0.2) is 55.6 Å². The van der Waals surface area contributed by atoms with Crippen molar-refractivity contribution in [2.45, 2.75) is 51.0 Å². The fourth-order valence-electron chi connectivity index (χ4n) is 3.34. The molecule has 0 atom stereocenters. The molecule has 0 bridgehead atoms. The van der Waals surface area contributed by atoms with Crippen molar-refractivity contribution in [1.29, 1.82) is 0 Å². The first-order valence-electron chi connectivity index (χ1n) is 9.44. The van der Waals surface area contributed by atoms with Gasteiger partial charge < -0.3 is 15.5 Å². The minimum atomic E-state index is 0.535. The van der Waals surface area contributed by atoms with Crippen LogP contribution < -0.4 is 10.6 Å². The Morgan fingerprint density at radius 1 is 1.24 bits per heavy atom. The number of halogens is 1. The molecule has 0 amide bonds. The van der Waals surface area contributed by atoms with Gasteiger partial charge >= 0.3 is 0 Å². The molecule has 1 saturated carbocycles. The third-order valence-electron chi connectivity index (χ3n) is 4.90. The molecular formula is C19H32ClN5. The molecule has 25 heavy (non-hydrogen) atoms. The minimum Gasteiger partial charge on any atom is -0.356 e. The molecule has 0 radical (unpaired) electrons. The van der Waals surface area contributed by atoms with Gasteiger partial charge in [-0.3, -0.25) is 4.99 Å². The molecule has 0 aliphatic heterocycles. The monoisotopic (exact) mass is 365 g/mol. The van der Waals surface area contributed by atoms with Gasteiger partial charge in [-0.15, -0.1) is 0 Å². The minimum absolute atomic E-state index is 0.535. The fraction of sp³-hybridized carbons (Fsp3) is 0.684. The molecule has 1 aromatic heterocycles. The summed E-state index contributed by atoms with van der Waals surface area (Å²) < 4.78 is 0. The van der Waals surface area contributed by atoms with Gasteiger partial charge in [-0.05, 0) is 50.9 Å². The van der Waals surface area contributed by atoms with Crippen LogP contribution in [0, 0.1) is 0 Å². The van der Waals surface area contributed by atoms with E-state index in [1.165, 1.54) is 37.7 Å². The number of hydrogen-bond acceptors (Lipinski definition) is 3. The van der Waals surface area contributed by atoms with Gasteiger partial charge in [-0.2, -0.15) is 0 Å². The summed E-state index contributed by atoms with van der Waals surface area (Å²) >= 11 is 5.80. The summed E-state index contributed by atoms with van der Waals surface area (Å²) in [6.45, 7) is 2.91. The third kappa shape index (κ3) is 7.61. The standard InChI is InChI=1S/C19H32ClN5/c1-21-19(23-13-11-16-9-10-18(20)24-15-16)22-12-6-14-25(2)17-7-4-3-5-8-17/h9-10,15,17H,3-8,11-14H2,1-2H3,(H2,21,22,23). The highest BCUT2D eigenvalue weighted by molar-refractivity contribution is 6.29. The lowest BCUT2D eigenvalue weighted by Crippen LogP contribution is -2.40. The summed E-state index contributed by atoms with van der Waals surface area (Å²) in [6, 6.07) is 4.63. The maximum atomic E-state index is 5.80. The van der Waals surface area contributed by atoms with E-state index in [2.05, 4.69) is 32.6 Å². The highest BCUT2D eigenvalue weighted by atomic mass is 35.5. The number of aliphatic imine (C=N–C) groups is 1. The highest BCUT2D eigenvalue weighted by Crippen LogP contribution is 2.21. The molecule has 140 valence electrons. The Morgan fingerprint density at radius 3 is 2.68 bits per heavy atom. The second-order valence-corrected chi connectivity index (χ2v) is 7.18. The first-order chi connectivity index (χ1) is 12.2. The molecule has 1 aliphatic carbocycles. The summed E-state index contributed by atoms with van der Waals surface area (Å²) in [5, 5.41) is 7.28. The quantitative estimate of drug-likeness (QED) is 0.322. The summed E-state index contributed by atoms with van der Waals surface area (Å²) in [4.78, 5) is 10.9. The SMILES string of the molecule is CN=C(NCCCN(C)C1CCCCC1)NCCc1ccc(Cl)nc1. The Bertz CT molecular complexity index is 511. The van der Waals surface area contributed by atoms with Crippen molar-refractivity contribution in [1.82, 2.24) is 20.5 Å². The fourth-order valence-corrected chi connectivity index (χ4v) is 3.45. The average molecular weight is 366 g/mol. The molecule has 1 aromatic rings. The molecule has 6 heteroatoms. The summed E-state index contributed by atoms with van der Waals surface area (Å²) in [6.07, 6.45) is 10.8. The maximum absolute atomic E-state index is 5.80. The van der Waals surface area contributed by atoms with Crippen molar-refractivity contribution in [2.75, 3.05) is 33.7 Å². The van der Waals surface area contributed by atoms with Crippen molar-refractivity contribution in [3.8, 4) is 0 Å². The van der Waals surface area contributed by atoms with E-state index in [0.717, 1.165) is 44.5 Å². The Balaban J connectivity index is 1.57. The van der Waals surface area contributed by atoms with Crippen LogP contribution in [0.5, 0.6) is 0 Å². The van der Waals surface area contributed by atoms with E-state index < -0.39 is 0 Å². The van der Waals surface area contributed by atoms with Crippen LogP contribution in [0.2, 0.25) is 5.15 Å². The van der Waals surface area contributed by atoms with Crippen molar-refractivity contribution in [2.24, 2.45) is 4.99 Å². The lowest BCUT2D eigenvalue weighted by atomic mass is 9.94. The maximum Gasteiger partial charge on any atom is 0.190 e. The van der Waals surface area contributed by atoms with Gasteiger partial charge in [0, 0.05) is 32.4 Å². The van der Waals surface area contributed by atoms with Crippen LogP contribution in [0.25, 0.3) is 0 Å². The van der Waals surface area contributed by atoms with Gasteiger partial charge in [0.05, 0.1) is 0 Å². The summed E-state index contributed by atoms with van der Waals surface area (Å²) in [7, 11) is 4.08. The van der Waals surface area contributed by atoms with Crippen LogP contribution in [0.15, 0.2) is 23.3 Å². The third-order valence-corrected chi connectivity index (χ3v) is 5.12. The van der Waals surface area contributed by atoms with Crippen LogP contribution in [-0.2, 0) is 6.42 Å². The van der Waals surface area contributed by atoms with E-state index in [9.17, 15) is 0 Å². The van der Waals surface area contributed by atoms with Crippen molar-refractivity contribution >= 4 is 17.6 Å². The van der Waals surface area contributed by atoms with E-state index in [1.54, 1.807) is 0 Å². The largest absolute Gasteiger partial charge is 0.356 e. The van der Waals surface area contributed by atoms with Crippen LogP contribution in [0.3, 0.4) is 0 Å². The van der Waals surface area contributed by atoms with Crippen LogP contribution in [0.1, 0.15) is 44.1 Å². The van der Waals surface area contributed by atoms with Crippen molar-refractivity contribution < 1.29 is 0 Å². The van der Waals surface area contributed by atoms with Crippen molar-refractivity contribution in [3.05, 3.63) is 29.0 Å². The number of rotatable bonds is 8. The Labute approximate surface area is 157 Å². The summed E-state index contributed by atoms with van der Waals surface area (Å²) in [5.41, 5.74) is 1.17. The Morgan fingerprint density at radius 2 is 2.00 bits per heavy atom. The van der Waals surface area contributed by atoms with Gasteiger partial charge in [0.1, 0.15) is 5.15 Å². The molecule has 0 saturated heterocycles. The number of hydrogen-bond donors (Lipinski definition) is 2. The normalized spacial score (nSPS) is 16.2. The second-order valence-electron chi connectivity index (χ2n) is 6.79. The number of aromatic nitrogens is 1. The lowest BCUT2D eigenvalue weighted by Gasteiger charge is -2.31. The zero-order valence-electron chi connectivity index (χ0n) is 15.6. The van der Waals surface area contributed by atoms with Crippen molar-refractivity contribution in [3.63, 3.8) is 0 Å². The first-order valence-corrected chi connectivity index (χ1v) is 9.82. The van der Waals surface area contributed by atoms with Gasteiger partial charge in [0.15, 0.2) is 5.96 Å². The molecule has 1 fully saturated rings. The molecule has 5 nitrogen and oxygen atoms in total. The predicted molar refractivity (Wildman–Crippen MR) is 106 cm³/mol. The summed E-state index contributed by atoms with van der Waals surface area (Å²) in [5.74, 6) is 0.863. The zero-order chi connectivity index (χ0) is 17.9. The van der Waals surface area contributed by atoms with Crippen LogP contribution >= 0.6 is 11.6 Å². The van der Waals surface area contributed by atoms with E-state index in [0.29, 0.717) is 5.15 Å². The molecule has 2 N–H and O–H groups in total. The lowest BCUT2D eigenvalue weighted by molar-refractivity contribution is 0.190. The van der Waals surface area contributed by atoms with Crippen LogP contribution in [0.4, 0.5) is 0 Å². The molecule has 1 heterocycles. The molecule has 2 rings (SSSR count). The number of guanidine groups is 1. The highest BCUT2D eigenvalue weighted by Gasteiger charge is 2.17. The Hall–Kier alpha value is -1.33. The molecule has 0 unspecified atom stereocenters. The smallest absolute Gasteiger partial charge is 0.190 e. The zero-order valence-corrected chi connectivity index (χ0v) is 16.4. The van der Waals surface area contributed by atoms with Gasteiger partial charge in [-0.25, -0.2) is 4.98 Å². The topological polar surface area (TPSA) is 52.6 Å². The molecular weight excluding hydrogens is 334 g/mol. The Kier molecular flexibility index (Phi) is 9.05. The molecule has 0 spiro atoms. The average Bonchev–Trinajstić information content (AvgIpc) is 2.65. The van der Waals surface area contributed by atoms with E-state index >= 15 is 0 Å². The van der Waals surface area contributed by atoms with Gasteiger partial charge in [0.25, 0.3) is 0 Å². The van der Waals surface area contributed by atoms with Gasteiger partial charge in [-0.1, -0.05) is 36.9 Å².